The molecule has 0 atom stereocenters. The van der Waals surface area contributed by atoms with Crippen molar-refractivity contribution < 1.29 is 0 Å². The molecule has 3 rings (SSSR count). The van der Waals surface area contributed by atoms with Crippen LogP contribution >= 0.6 is 27.3 Å². The number of hydrogen-bond acceptors (Lipinski definition) is 3. The fraction of sp³-hybridized carbons (Fsp3) is 0.625. The Morgan fingerprint density at radius 2 is 2.05 bits per heavy atom. The Kier molecular flexibility index (Phi) is 4.23. The molecule has 1 saturated carbocycles. The van der Waals surface area contributed by atoms with E-state index in [2.05, 4.69) is 27.8 Å². The summed E-state index contributed by atoms with van der Waals surface area (Å²) in [4.78, 5) is 19.4. The molecule has 0 unspecified atom stereocenters. The molecular formula is C16H21BrN2OS. The number of rotatable bonds is 3. The van der Waals surface area contributed by atoms with Crippen molar-refractivity contribution in [1.29, 1.82) is 0 Å². The zero-order chi connectivity index (χ0) is 15.0. The summed E-state index contributed by atoms with van der Waals surface area (Å²) in [7, 11) is 0. The van der Waals surface area contributed by atoms with Crippen LogP contribution in [-0.4, -0.2) is 14.9 Å². The first-order valence-electron chi connectivity index (χ1n) is 7.57. The fourth-order valence-corrected chi connectivity index (χ4v) is 5.11. The van der Waals surface area contributed by atoms with Gasteiger partial charge in [-0.15, -0.1) is 11.3 Å². The van der Waals surface area contributed by atoms with Crippen molar-refractivity contribution in [3.8, 4) is 0 Å². The van der Waals surface area contributed by atoms with Crippen molar-refractivity contribution in [2.75, 3.05) is 5.33 Å². The fourth-order valence-electron chi connectivity index (χ4n) is 3.38. The van der Waals surface area contributed by atoms with E-state index < -0.39 is 0 Å². The highest BCUT2D eigenvalue weighted by molar-refractivity contribution is 9.09. The Labute approximate surface area is 137 Å². The summed E-state index contributed by atoms with van der Waals surface area (Å²) in [5.41, 5.74) is 1.45. The molecule has 5 heteroatoms. The summed E-state index contributed by atoms with van der Waals surface area (Å²) in [6, 6.07) is 0. The maximum atomic E-state index is 12.8. The lowest BCUT2D eigenvalue weighted by Crippen LogP contribution is -2.35. The third-order valence-electron chi connectivity index (χ3n) is 4.86. The molecule has 0 spiro atoms. The van der Waals surface area contributed by atoms with Gasteiger partial charge in [0.05, 0.1) is 11.7 Å². The largest absolute Gasteiger partial charge is 0.298 e. The number of alkyl halides is 1. The molecule has 1 fully saturated rings. The molecule has 114 valence electrons. The minimum absolute atomic E-state index is 0.132. The van der Waals surface area contributed by atoms with Gasteiger partial charge in [-0.05, 0) is 37.7 Å². The highest BCUT2D eigenvalue weighted by Crippen LogP contribution is 2.39. The van der Waals surface area contributed by atoms with E-state index in [1.165, 1.54) is 37.0 Å². The predicted octanol–water partition coefficient (Wildman–Crippen LogP) is 4.42. The summed E-state index contributed by atoms with van der Waals surface area (Å²) >= 11 is 5.30. The van der Waals surface area contributed by atoms with Crippen molar-refractivity contribution in [2.45, 2.75) is 52.5 Å². The lowest BCUT2D eigenvalue weighted by atomic mass is 9.75. The molecule has 2 aromatic rings. The molecule has 1 aliphatic carbocycles. The Morgan fingerprint density at radius 1 is 1.33 bits per heavy atom. The summed E-state index contributed by atoms with van der Waals surface area (Å²) in [6.45, 7) is 4.88. The second-order valence-corrected chi connectivity index (χ2v) is 8.10. The monoisotopic (exact) mass is 368 g/mol. The molecule has 0 amide bonds. The van der Waals surface area contributed by atoms with E-state index in [4.69, 9.17) is 0 Å². The van der Waals surface area contributed by atoms with E-state index in [1.54, 1.807) is 17.7 Å². The van der Waals surface area contributed by atoms with Crippen LogP contribution in [0.3, 0.4) is 0 Å². The normalized spacial score (nSPS) is 18.2. The Bertz CT molecular complexity index is 713. The molecule has 0 radical (unpaired) electrons. The van der Waals surface area contributed by atoms with E-state index in [9.17, 15) is 4.79 Å². The average Bonchev–Trinajstić information content (AvgIpc) is 2.79. The van der Waals surface area contributed by atoms with Crippen molar-refractivity contribution in [3.05, 3.63) is 27.1 Å². The van der Waals surface area contributed by atoms with Crippen LogP contribution in [0.25, 0.3) is 10.2 Å². The summed E-state index contributed by atoms with van der Waals surface area (Å²) in [6.07, 6.45) is 8.01. The topological polar surface area (TPSA) is 34.9 Å². The molecule has 0 saturated heterocycles. The number of halogens is 1. The van der Waals surface area contributed by atoms with Gasteiger partial charge in [0.1, 0.15) is 4.83 Å². The second kappa shape index (κ2) is 5.84. The molecule has 0 aromatic carbocycles. The van der Waals surface area contributed by atoms with Gasteiger partial charge < -0.3 is 0 Å². The Morgan fingerprint density at radius 3 is 2.71 bits per heavy atom. The van der Waals surface area contributed by atoms with Crippen molar-refractivity contribution in [2.24, 2.45) is 5.41 Å². The number of fused-ring (bicyclic) bond motifs is 1. The molecule has 0 bridgehead atoms. The predicted molar refractivity (Wildman–Crippen MR) is 92.7 cm³/mol. The van der Waals surface area contributed by atoms with Gasteiger partial charge in [-0.1, -0.05) is 35.2 Å². The standard InChI is InChI=1S/C16H21BrN2OS/c1-11-12(2)21-14-13(11)15(20)19(10-18-14)9-16(8-17)6-4-3-5-7-16/h10H,3-9H2,1-2H3. The van der Waals surface area contributed by atoms with Gasteiger partial charge in [0.25, 0.3) is 5.56 Å². The van der Waals surface area contributed by atoms with E-state index in [1.807, 2.05) is 11.5 Å². The smallest absolute Gasteiger partial charge is 0.262 e. The van der Waals surface area contributed by atoms with Crippen LogP contribution in [0.2, 0.25) is 0 Å². The first kappa shape index (κ1) is 15.2. The molecule has 2 aromatic heterocycles. The zero-order valence-corrected chi connectivity index (χ0v) is 15.0. The molecule has 0 N–H and O–H groups in total. The van der Waals surface area contributed by atoms with Crippen molar-refractivity contribution in [3.63, 3.8) is 0 Å². The average molecular weight is 369 g/mol. The Hall–Kier alpha value is -0.680. The summed E-state index contributed by atoms with van der Waals surface area (Å²) < 4.78 is 1.84. The van der Waals surface area contributed by atoms with Crippen LogP contribution < -0.4 is 5.56 Å². The van der Waals surface area contributed by atoms with Gasteiger partial charge in [0.15, 0.2) is 0 Å². The lowest BCUT2D eigenvalue weighted by Gasteiger charge is -2.36. The van der Waals surface area contributed by atoms with E-state index in [0.29, 0.717) is 0 Å². The maximum absolute atomic E-state index is 12.8. The minimum Gasteiger partial charge on any atom is -0.298 e. The molecule has 0 aliphatic heterocycles. The van der Waals surface area contributed by atoms with E-state index in [0.717, 1.165) is 27.7 Å². The maximum Gasteiger partial charge on any atom is 0.262 e. The van der Waals surface area contributed by atoms with Gasteiger partial charge in [-0.25, -0.2) is 4.98 Å². The number of thiophene rings is 1. The van der Waals surface area contributed by atoms with E-state index in [-0.39, 0.29) is 11.0 Å². The van der Waals surface area contributed by atoms with Crippen molar-refractivity contribution in [1.82, 2.24) is 9.55 Å². The first-order chi connectivity index (χ1) is 10.1. The van der Waals surface area contributed by atoms with Crippen LogP contribution in [0.5, 0.6) is 0 Å². The van der Waals surface area contributed by atoms with Crippen LogP contribution in [-0.2, 0) is 6.54 Å². The molecule has 1 aliphatic rings. The summed E-state index contributed by atoms with van der Waals surface area (Å²) in [5.74, 6) is 0. The second-order valence-electron chi connectivity index (χ2n) is 6.34. The van der Waals surface area contributed by atoms with E-state index >= 15 is 0 Å². The zero-order valence-electron chi connectivity index (χ0n) is 12.6. The van der Waals surface area contributed by atoms with Crippen LogP contribution in [0.4, 0.5) is 0 Å². The summed E-state index contributed by atoms with van der Waals surface area (Å²) in [5, 5.41) is 1.78. The third kappa shape index (κ3) is 2.70. The van der Waals surface area contributed by atoms with Gasteiger partial charge in [-0.2, -0.15) is 0 Å². The first-order valence-corrected chi connectivity index (χ1v) is 9.51. The quantitative estimate of drug-likeness (QED) is 0.751. The molecular weight excluding hydrogens is 348 g/mol. The third-order valence-corrected chi connectivity index (χ3v) is 7.16. The lowest BCUT2D eigenvalue weighted by molar-refractivity contribution is 0.188. The number of aromatic nitrogens is 2. The van der Waals surface area contributed by atoms with Crippen molar-refractivity contribution >= 4 is 37.5 Å². The SMILES string of the molecule is Cc1sc2ncn(CC3(CBr)CCCCC3)c(=O)c2c1C. The number of nitrogens with zero attached hydrogens (tertiary/aromatic N) is 2. The van der Waals surface area contributed by atoms with Gasteiger partial charge in [0, 0.05) is 16.8 Å². The van der Waals surface area contributed by atoms with Gasteiger partial charge >= 0.3 is 0 Å². The molecule has 21 heavy (non-hydrogen) atoms. The van der Waals surface area contributed by atoms with Crippen LogP contribution in [0.1, 0.15) is 42.5 Å². The van der Waals surface area contributed by atoms with Crippen LogP contribution in [0.15, 0.2) is 11.1 Å². The number of aryl methyl sites for hydroxylation is 2. The molecule has 3 nitrogen and oxygen atoms in total. The number of hydrogen-bond donors (Lipinski definition) is 0. The highest BCUT2D eigenvalue weighted by atomic mass is 79.9. The minimum atomic E-state index is 0.132. The van der Waals surface area contributed by atoms with Gasteiger partial charge in [-0.3, -0.25) is 9.36 Å². The molecule has 2 heterocycles. The Balaban J connectivity index is 2.02. The highest BCUT2D eigenvalue weighted by Gasteiger charge is 2.32. The van der Waals surface area contributed by atoms with Gasteiger partial charge in [0.2, 0.25) is 0 Å². The van der Waals surface area contributed by atoms with Crippen LogP contribution in [0, 0.1) is 19.3 Å².